The number of aromatic nitrogens is 4. The number of benzene rings is 2. The van der Waals surface area contributed by atoms with Crippen LogP contribution in [0.15, 0.2) is 67.3 Å². The zero-order chi connectivity index (χ0) is 18.6. The fourth-order valence-electron chi connectivity index (χ4n) is 2.93. The molecule has 0 aliphatic rings. The summed E-state index contributed by atoms with van der Waals surface area (Å²) in [6.45, 7) is 2.11. The van der Waals surface area contributed by atoms with E-state index in [1.54, 1.807) is 25.8 Å². The zero-order valence-corrected chi connectivity index (χ0v) is 15.1. The summed E-state index contributed by atoms with van der Waals surface area (Å²) in [6, 6.07) is 16.4. The van der Waals surface area contributed by atoms with Crippen molar-refractivity contribution in [2.24, 2.45) is 0 Å². The maximum Gasteiger partial charge on any atom is 0.232 e. The standard InChI is InChI=1S/C21H19N5O/c1-14(15-6-4-3-5-7-15)26-21-17-10-16(8-9-18(17)24-13-25-21)19-11-23-20(27-2)12-22-19/h3-14H,1-2H3,(H,24,25,26). The monoisotopic (exact) mass is 357 g/mol. The van der Waals surface area contributed by atoms with Gasteiger partial charge in [-0.1, -0.05) is 36.4 Å². The third-order valence-corrected chi connectivity index (χ3v) is 4.42. The van der Waals surface area contributed by atoms with E-state index in [4.69, 9.17) is 4.74 Å². The molecule has 1 unspecified atom stereocenters. The van der Waals surface area contributed by atoms with E-state index < -0.39 is 0 Å². The molecule has 2 aromatic heterocycles. The van der Waals surface area contributed by atoms with Gasteiger partial charge in [-0.25, -0.2) is 19.9 Å². The normalized spacial score (nSPS) is 11.9. The first kappa shape index (κ1) is 16.9. The first-order chi connectivity index (χ1) is 13.2. The van der Waals surface area contributed by atoms with Gasteiger partial charge in [0.1, 0.15) is 12.1 Å². The van der Waals surface area contributed by atoms with Crippen LogP contribution in [-0.2, 0) is 0 Å². The van der Waals surface area contributed by atoms with Crippen molar-refractivity contribution in [3.8, 4) is 17.1 Å². The lowest BCUT2D eigenvalue weighted by Gasteiger charge is -2.16. The first-order valence-electron chi connectivity index (χ1n) is 8.67. The molecule has 0 saturated heterocycles. The summed E-state index contributed by atoms with van der Waals surface area (Å²) in [7, 11) is 1.57. The Bertz CT molecular complexity index is 1050. The lowest BCUT2D eigenvalue weighted by Crippen LogP contribution is -2.08. The second kappa shape index (κ2) is 7.37. The van der Waals surface area contributed by atoms with E-state index in [2.05, 4.69) is 44.3 Å². The van der Waals surface area contributed by atoms with E-state index >= 15 is 0 Å². The lowest BCUT2D eigenvalue weighted by molar-refractivity contribution is 0.396. The number of fused-ring (bicyclic) bond motifs is 1. The Morgan fingerprint density at radius 1 is 0.926 bits per heavy atom. The van der Waals surface area contributed by atoms with Crippen molar-refractivity contribution in [1.82, 2.24) is 19.9 Å². The molecule has 0 spiro atoms. The van der Waals surface area contributed by atoms with Crippen LogP contribution in [0, 0.1) is 0 Å². The molecule has 4 rings (SSSR count). The molecule has 134 valence electrons. The van der Waals surface area contributed by atoms with Crippen LogP contribution >= 0.6 is 0 Å². The predicted octanol–water partition coefficient (Wildman–Crippen LogP) is 4.27. The molecule has 1 atom stereocenters. The van der Waals surface area contributed by atoms with E-state index in [1.165, 1.54) is 5.56 Å². The van der Waals surface area contributed by atoms with Crippen molar-refractivity contribution in [3.05, 3.63) is 72.8 Å². The van der Waals surface area contributed by atoms with Gasteiger partial charge in [-0.05, 0) is 24.6 Å². The van der Waals surface area contributed by atoms with Crippen molar-refractivity contribution >= 4 is 16.7 Å². The molecule has 0 fully saturated rings. The molecular weight excluding hydrogens is 338 g/mol. The predicted molar refractivity (Wildman–Crippen MR) is 106 cm³/mol. The molecule has 2 heterocycles. The second-order valence-corrected chi connectivity index (χ2v) is 6.17. The van der Waals surface area contributed by atoms with E-state index in [1.807, 2.05) is 36.4 Å². The van der Waals surface area contributed by atoms with E-state index in [-0.39, 0.29) is 6.04 Å². The quantitative estimate of drug-likeness (QED) is 0.575. The van der Waals surface area contributed by atoms with Crippen molar-refractivity contribution in [3.63, 3.8) is 0 Å². The molecule has 0 aliphatic carbocycles. The van der Waals surface area contributed by atoms with Crippen molar-refractivity contribution in [2.45, 2.75) is 13.0 Å². The molecule has 4 aromatic rings. The minimum absolute atomic E-state index is 0.119. The van der Waals surface area contributed by atoms with Gasteiger partial charge in [-0.15, -0.1) is 0 Å². The minimum atomic E-state index is 0.119. The first-order valence-corrected chi connectivity index (χ1v) is 8.67. The van der Waals surface area contributed by atoms with Gasteiger partial charge in [-0.2, -0.15) is 0 Å². The summed E-state index contributed by atoms with van der Waals surface area (Å²) >= 11 is 0. The number of nitrogens with zero attached hydrogens (tertiary/aromatic N) is 4. The fraction of sp³-hybridized carbons (Fsp3) is 0.143. The Morgan fingerprint density at radius 3 is 2.52 bits per heavy atom. The van der Waals surface area contributed by atoms with Gasteiger partial charge in [0, 0.05) is 17.0 Å². The van der Waals surface area contributed by atoms with Crippen LogP contribution in [0.2, 0.25) is 0 Å². The Morgan fingerprint density at radius 2 is 1.78 bits per heavy atom. The number of ether oxygens (including phenoxy) is 1. The molecule has 0 amide bonds. The van der Waals surface area contributed by atoms with Gasteiger partial charge in [0.15, 0.2) is 0 Å². The molecule has 0 bridgehead atoms. The van der Waals surface area contributed by atoms with Crippen molar-refractivity contribution < 1.29 is 4.74 Å². The van der Waals surface area contributed by atoms with E-state index in [9.17, 15) is 0 Å². The fourth-order valence-corrected chi connectivity index (χ4v) is 2.93. The molecule has 2 aromatic carbocycles. The van der Waals surface area contributed by atoms with Crippen LogP contribution in [-0.4, -0.2) is 27.0 Å². The number of hydrogen-bond acceptors (Lipinski definition) is 6. The van der Waals surface area contributed by atoms with Gasteiger partial charge in [0.05, 0.1) is 30.7 Å². The Kier molecular flexibility index (Phi) is 4.61. The topological polar surface area (TPSA) is 72.8 Å². The van der Waals surface area contributed by atoms with Gasteiger partial charge in [0.25, 0.3) is 0 Å². The van der Waals surface area contributed by atoms with Crippen LogP contribution in [0.3, 0.4) is 0 Å². The Hall–Kier alpha value is -3.54. The van der Waals surface area contributed by atoms with Crippen molar-refractivity contribution in [1.29, 1.82) is 0 Å². The molecule has 0 aliphatic heterocycles. The third kappa shape index (κ3) is 3.55. The summed E-state index contributed by atoms with van der Waals surface area (Å²) < 4.78 is 5.08. The maximum absolute atomic E-state index is 5.08. The number of rotatable bonds is 5. The molecule has 0 saturated carbocycles. The van der Waals surface area contributed by atoms with Gasteiger partial charge >= 0.3 is 0 Å². The summed E-state index contributed by atoms with van der Waals surface area (Å²) in [4.78, 5) is 17.5. The molecule has 0 radical (unpaired) electrons. The Labute approximate surface area is 157 Å². The highest BCUT2D eigenvalue weighted by molar-refractivity contribution is 5.92. The highest BCUT2D eigenvalue weighted by Crippen LogP contribution is 2.28. The zero-order valence-electron chi connectivity index (χ0n) is 15.1. The van der Waals surface area contributed by atoms with Gasteiger partial charge in [0.2, 0.25) is 5.88 Å². The third-order valence-electron chi connectivity index (χ3n) is 4.42. The SMILES string of the molecule is COc1cnc(-c2ccc3ncnc(NC(C)c4ccccc4)c3c2)cn1. The van der Waals surface area contributed by atoms with Gasteiger partial charge < -0.3 is 10.1 Å². The average molecular weight is 357 g/mol. The number of methoxy groups -OCH3 is 1. The van der Waals surface area contributed by atoms with Crippen LogP contribution in [0.5, 0.6) is 5.88 Å². The Balaban J connectivity index is 1.70. The number of nitrogens with one attached hydrogen (secondary N) is 1. The summed E-state index contributed by atoms with van der Waals surface area (Å²) in [5.74, 6) is 1.28. The average Bonchev–Trinajstić information content (AvgIpc) is 2.74. The van der Waals surface area contributed by atoms with Crippen LogP contribution in [0.4, 0.5) is 5.82 Å². The summed E-state index contributed by atoms with van der Waals surface area (Å²) in [5.41, 5.74) is 3.78. The maximum atomic E-state index is 5.08. The summed E-state index contributed by atoms with van der Waals surface area (Å²) in [5, 5.41) is 4.43. The smallest absolute Gasteiger partial charge is 0.232 e. The molecule has 6 heteroatoms. The van der Waals surface area contributed by atoms with Crippen molar-refractivity contribution in [2.75, 3.05) is 12.4 Å². The van der Waals surface area contributed by atoms with E-state index in [0.717, 1.165) is 28.0 Å². The largest absolute Gasteiger partial charge is 0.480 e. The molecule has 27 heavy (non-hydrogen) atoms. The molecular formula is C21H19N5O. The highest BCUT2D eigenvalue weighted by Gasteiger charge is 2.11. The molecule has 6 nitrogen and oxygen atoms in total. The highest BCUT2D eigenvalue weighted by atomic mass is 16.5. The van der Waals surface area contributed by atoms with Gasteiger partial charge in [-0.3, -0.25) is 0 Å². The molecule has 1 N–H and O–H groups in total. The number of anilines is 1. The minimum Gasteiger partial charge on any atom is -0.480 e. The second-order valence-electron chi connectivity index (χ2n) is 6.17. The van der Waals surface area contributed by atoms with Crippen LogP contribution in [0.1, 0.15) is 18.5 Å². The summed E-state index contributed by atoms with van der Waals surface area (Å²) in [6.07, 6.45) is 4.89. The van der Waals surface area contributed by atoms with Crippen LogP contribution in [0.25, 0.3) is 22.2 Å². The number of hydrogen-bond donors (Lipinski definition) is 1. The van der Waals surface area contributed by atoms with E-state index in [0.29, 0.717) is 5.88 Å². The lowest BCUT2D eigenvalue weighted by atomic mass is 10.1. The van der Waals surface area contributed by atoms with Crippen LogP contribution < -0.4 is 10.1 Å².